The van der Waals surface area contributed by atoms with Crippen LogP contribution < -0.4 is 10.5 Å². The molecule has 1 fully saturated rings. The molecule has 6 nitrogen and oxygen atoms in total. The Kier molecular flexibility index (Phi) is 4.52. The second kappa shape index (κ2) is 6.82. The number of hydrogen-bond donors (Lipinski definition) is 2. The van der Waals surface area contributed by atoms with Gasteiger partial charge < -0.3 is 24.9 Å². The molecule has 5 rings (SSSR count). The number of ketones is 1. The smallest absolute Gasteiger partial charge is 0.195 e. The summed E-state index contributed by atoms with van der Waals surface area (Å²) in [6.07, 6.45) is -0.121. The Labute approximate surface area is 189 Å². The summed E-state index contributed by atoms with van der Waals surface area (Å²) in [7, 11) is 0. The second-order valence-electron chi connectivity index (χ2n) is 9.19. The normalized spacial score (nSPS) is 21.2. The molecule has 0 amide bonds. The van der Waals surface area contributed by atoms with E-state index in [1.165, 1.54) is 0 Å². The molecule has 1 aliphatic carbocycles. The summed E-state index contributed by atoms with van der Waals surface area (Å²) in [6.45, 7) is 8.90. The summed E-state index contributed by atoms with van der Waals surface area (Å²) in [4.78, 5) is 16.9. The van der Waals surface area contributed by atoms with E-state index in [9.17, 15) is 4.79 Å². The lowest BCUT2D eigenvalue weighted by Crippen LogP contribution is -2.30. The number of aromatic nitrogens is 1. The molecule has 2 aliphatic rings. The molecule has 0 bridgehead atoms. The third kappa shape index (κ3) is 3.18. The molecule has 162 valence electrons. The molecule has 0 saturated carbocycles. The summed E-state index contributed by atoms with van der Waals surface area (Å²) in [6, 6.07) is 9.40. The van der Waals surface area contributed by atoms with Crippen LogP contribution in [0.1, 0.15) is 54.9 Å². The van der Waals surface area contributed by atoms with Gasteiger partial charge in [-0.25, -0.2) is 0 Å². The monoisotopic (exact) mass is 484 g/mol. The van der Waals surface area contributed by atoms with Crippen LogP contribution in [0.4, 0.5) is 5.69 Å². The van der Waals surface area contributed by atoms with Gasteiger partial charge in [-0.2, -0.15) is 0 Å². The molecule has 3 N–H and O–H groups in total. The van der Waals surface area contributed by atoms with E-state index in [0.717, 1.165) is 26.6 Å². The highest BCUT2D eigenvalue weighted by atomic mass is 79.9. The van der Waals surface area contributed by atoms with E-state index in [1.807, 2.05) is 44.2 Å². The Morgan fingerprint density at radius 3 is 2.71 bits per heavy atom. The van der Waals surface area contributed by atoms with Gasteiger partial charge in [-0.3, -0.25) is 4.79 Å². The zero-order valence-corrected chi connectivity index (χ0v) is 19.6. The topological polar surface area (TPSA) is 86.6 Å². The van der Waals surface area contributed by atoms with Crippen molar-refractivity contribution in [3.05, 3.63) is 57.2 Å². The molecule has 7 heteroatoms. The van der Waals surface area contributed by atoms with Crippen molar-refractivity contribution in [2.24, 2.45) is 0 Å². The minimum atomic E-state index is -0.581. The van der Waals surface area contributed by atoms with Crippen LogP contribution in [0.2, 0.25) is 0 Å². The van der Waals surface area contributed by atoms with Gasteiger partial charge in [0.15, 0.2) is 11.6 Å². The van der Waals surface area contributed by atoms with Gasteiger partial charge in [0.1, 0.15) is 18.5 Å². The number of carbonyl (C=O) groups is 1. The molecule has 1 atom stereocenters. The predicted octanol–water partition coefficient (Wildman–Crippen LogP) is 4.91. The minimum absolute atomic E-state index is 0.00747. The molecule has 0 radical (unpaired) electrons. The van der Waals surface area contributed by atoms with Crippen LogP contribution in [0.3, 0.4) is 0 Å². The second-order valence-corrected chi connectivity index (χ2v) is 9.98. The number of hydrogen-bond acceptors (Lipinski definition) is 5. The van der Waals surface area contributed by atoms with Crippen molar-refractivity contribution in [2.75, 3.05) is 18.9 Å². The molecule has 3 aromatic rings. The molecule has 0 unspecified atom stereocenters. The molecular weight excluding hydrogens is 460 g/mol. The van der Waals surface area contributed by atoms with Gasteiger partial charge in [0.25, 0.3) is 0 Å². The van der Waals surface area contributed by atoms with E-state index in [4.69, 9.17) is 19.9 Å². The lowest BCUT2D eigenvalue weighted by Gasteiger charge is -2.32. The van der Waals surface area contributed by atoms with E-state index in [0.29, 0.717) is 35.8 Å². The standard InChI is InChI=1S/C24H25BrN2O4/c1-23(2)16-9-12(29-10-13-11-30-24(3,4)31-13)5-6-14(16)21(28)18-15-7-8-17(26)19(25)20(15)27-22(18)23/h5-9,13,27H,10-11,26H2,1-4H3/t13-/m1/s1. The average Bonchev–Trinajstić information content (AvgIpc) is 3.28. The van der Waals surface area contributed by atoms with Crippen molar-refractivity contribution in [1.29, 1.82) is 0 Å². The van der Waals surface area contributed by atoms with Crippen LogP contribution in [-0.4, -0.2) is 35.9 Å². The first-order chi connectivity index (χ1) is 14.6. The van der Waals surface area contributed by atoms with Crippen LogP contribution in [0.5, 0.6) is 5.75 Å². The Morgan fingerprint density at radius 2 is 2.00 bits per heavy atom. The van der Waals surface area contributed by atoms with E-state index in [-0.39, 0.29) is 11.9 Å². The van der Waals surface area contributed by atoms with Gasteiger partial charge in [0, 0.05) is 27.7 Å². The first kappa shape index (κ1) is 20.5. The molecular formula is C24H25BrN2O4. The largest absolute Gasteiger partial charge is 0.491 e. The molecule has 1 saturated heterocycles. The SMILES string of the molecule is CC1(C)OC[C@@H](COc2ccc3c(c2)C(C)(C)c2[nH]c4c(Br)c(N)ccc4c2C3=O)O1. The fraction of sp³-hybridized carbons (Fsp3) is 0.375. The molecule has 1 aromatic heterocycles. The quantitative estimate of drug-likeness (QED) is 0.515. The maximum Gasteiger partial charge on any atom is 0.195 e. The number of nitrogens with one attached hydrogen (secondary N) is 1. The van der Waals surface area contributed by atoms with Gasteiger partial charge in [-0.15, -0.1) is 0 Å². The van der Waals surface area contributed by atoms with Crippen molar-refractivity contribution in [1.82, 2.24) is 4.98 Å². The van der Waals surface area contributed by atoms with Crippen molar-refractivity contribution in [3.8, 4) is 5.75 Å². The first-order valence-corrected chi connectivity index (χ1v) is 11.1. The number of fused-ring (bicyclic) bond motifs is 4. The third-order valence-corrected chi connectivity index (χ3v) is 7.06. The Hall–Kier alpha value is -2.35. The van der Waals surface area contributed by atoms with Crippen LogP contribution in [0, 0.1) is 0 Å². The fourth-order valence-corrected chi connectivity index (χ4v) is 5.03. The predicted molar refractivity (Wildman–Crippen MR) is 123 cm³/mol. The van der Waals surface area contributed by atoms with Gasteiger partial charge in [0.05, 0.1) is 22.2 Å². The number of nitrogen functional groups attached to an aromatic ring is 1. The molecule has 2 heterocycles. The first-order valence-electron chi connectivity index (χ1n) is 10.3. The number of benzene rings is 2. The number of rotatable bonds is 3. The number of halogens is 1. The number of carbonyl (C=O) groups excluding carboxylic acids is 1. The summed E-state index contributed by atoms with van der Waals surface area (Å²) in [5.74, 6) is 0.133. The number of ether oxygens (including phenoxy) is 3. The van der Waals surface area contributed by atoms with Crippen LogP contribution in [-0.2, 0) is 14.9 Å². The fourth-order valence-electron chi connectivity index (χ4n) is 4.58. The van der Waals surface area contributed by atoms with Gasteiger partial charge in [-0.1, -0.05) is 13.8 Å². The number of H-pyrrole nitrogens is 1. The Bertz CT molecular complexity index is 1230. The number of anilines is 1. The van der Waals surface area contributed by atoms with E-state index in [1.54, 1.807) is 0 Å². The third-order valence-electron chi connectivity index (χ3n) is 6.21. The van der Waals surface area contributed by atoms with E-state index >= 15 is 0 Å². The maximum atomic E-state index is 13.5. The van der Waals surface area contributed by atoms with Gasteiger partial charge in [0.2, 0.25) is 0 Å². The maximum absolute atomic E-state index is 13.5. The summed E-state index contributed by atoms with van der Waals surface area (Å²) >= 11 is 3.56. The highest BCUT2D eigenvalue weighted by Crippen LogP contribution is 2.46. The van der Waals surface area contributed by atoms with Crippen molar-refractivity contribution < 1.29 is 19.0 Å². The van der Waals surface area contributed by atoms with Crippen molar-refractivity contribution in [3.63, 3.8) is 0 Å². The van der Waals surface area contributed by atoms with Gasteiger partial charge in [-0.05, 0) is 65.7 Å². The Balaban J connectivity index is 1.52. The number of aromatic amines is 1. The van der Waals surface area contributed by atoms with Crippen LogP contribution >= 0.6 is 15.9 Å². The molecule has 1 aliphatic heterocycles. The zero-order chi connectivity index (χ0) is 22.1. The minimum Gasteiger partial charge on any atom is -0.491 e. The lowest BCUT2D eigenvalue weighted by atomic mass is 9.71. The number of nitrogens with two attached hydrogens (primary N) is 1. The zero-order valence-electron chi connectivity index (χ0n) is 18.0. The van der Waals surface area contributed by atoms with Crippen molar-refractivity contribution >= 4 is 38.3 Å². The molecule has 2 aromatic carbocycles. The van der Waals surface area contributed by atoms with Crippen LogP contribution in [0.15, 0.2) is 34.8 Å². The summed E-state index contributed by atoms with van der Waals surface area (Å²) in [5, 5.41) is 0.876. The lowest BCUT2D eigenvalue weighted by molar-refractivity contribution is -0.141. The van der Waals surface area contributed by atoms with Crippen LogP contribution in [0.25, 0.3) is 10.9 Å². The van der Waals surface area contributed by atoms with Crippen molar-refractivity contribution in [2.45, 2.75) is 45.0 Å². The summed E-state index contributed by atoms with van der Waals surface area (Å²) in [5.41, 5.74) is 10.3. The Morgan fingerprint density at radius 1 is 1.23 bits per heavy atom. The van der Waals surface area contributed by atoms with Gasteiger partial charge >= 0.3 is 0 Å². The summed E-state index contributed by atoms with van der Waals surface area (Å²) < 4.78 is 18.2. The van der Waals surface area contributed by atoms with E-state index < -0.39 is 11.2 Å². The average molecular weight is 485 g/mol. The van der Waals surface area contributed by atoms with E-state index in [2.05, 4.69) is 34.8 Å². The molecule has 0 spiro atoms. The highest BCUT2D eigenvalue weighted by molar-refractivity contribution is 9.10. The highest BCUT2D eigenvalue weighted by Gasteiger charge is 2.40. The molecule has 31 heavy (non-hydrogen) atoms.